The van der Waals surface area contributed by atoms with Crippen LogP contribution in [0, 0.1) is 0 Å². The van der Waals surface area contributed by atoms with E-state index in [-0.39, 0.29) is 11.0 Å². The number of hydrogen-bond acceptors (Lipinski definition) is 4. The highest BCUT2D eigenvalue weighted by atomic mass is 32.1. The minimum atomic E-state index is -0.117. The van der Waals surface area contributed by atoms with Gasteiger partial charge in [0.15, 0.2) is 16.6 Å². The Balaban J connectivity index is 1.49. The molecule has 0 bridgehead atoms. The Morgan fingerprint density at radius 2 is 1.79 bits per heavy atom. The van der Waals surface area contributed by atoms with Crippen molar-refractivity contribution in [1.29, 1.82) is 0 Å². The van der Waals surface area contributed by atoms with Gasteiger partial charge in [0.05, 0.1) is 0 Å². The quantitative estimate of drug-likeness (QED) is 0.837. The summed E-state index contributed by atoms with van der Waals surface area (Å²) in [5, 5.41) is 5.94. The number of carbonyl (C=O) groups is 1. The van der Waals surface area contributed by atoms with Crippen molar-refractivity contribution in [2.24, 2.45) is 0 Å². The van der Waals surface area contributed by atoms with Gasteiger partial charge in [0, 0.05) is 18.2 Å². The van der Waals surface area contributed by atoms with Crippen molar-refractivity contribution in [3.8, 4) is 11.5 Å². The van der Waals surface area contributed by atoms with Crippen molar-refractivity contribution >= 4 is 28.9 Å². The molecule has 0 fully saturated rings. The zero-order chi connectivity index (χ0) is 16.8. The number of nitrogens with one attached hydrogen (secondary N) is 2. The standard InChI is InChI=1S/C18H18N2O3S/c21-17(9-6-13-4-2-1-3-5-13)20-18(24)19-14-7-8-15-16(12-14)23-11-10-22-15/h1-5,7-8,12H,6,9-11H2,(H2,19,20,21,24). The monoisotopic (exact) mass is 342 g/mol. The Hall–Kier alpha value is -2.60. The average Bonchev–Trinajstić information content (AvgIpc) is 2.60. The molecule has 0 atom stereocenters. The van der Waals surface area contributed by atoms with Crippen molar-refractivity contribution in [1.82, 2.24) is 5.32 Å². The summed E-state index contributed by atoms with van der Waals surface area (Å²) in [7, 11) is 0. The molecule has 0 unspecified atom stereocenters. The van der Waals surface area contributed by atoms with Gasteiger partial charge in [0.25, 0.3) is 0 Å². The van der Waals surface area contributed by atoms with Gasteiger partial charge in [-0.3, -0.25) is 4.79 Å². The Morgan fingerprint density at radius 1 is 1.04 bits per heavy atom. The number of aryl methyl sites for hydroxylation is 1. The summed E-state index contributed by atoms with van der Waals surface area (Å²) in [4.78, 5) is 12.0. The maximum Gasteiger partial charge on any atom is 0.226 e. The van der Waals surface area contributed by atoms with Crippen molar-refractivity contribution in [2.45, 2.75) is 12.8 Å². The SMILES string of the molecule is O=C(CCc1ccccc1)NC(=S)Nc1ccc2c(c1)OCCO2. The molecule has 2 N–H and O–H groups in total. The summed E-state index contributed by atoms with van der Waals surface area (Å²) in [5.74, 6) is 1.27. The molecule has 1 heterocycles. The van der Waals surface area contributed by atoms with E-state index >= 15 is 0 Å². The van der Waals surface area contributed by atoms with Gasteiger partial charge in [-0.05, 0) is 36.3 Å². The van der Waals surface area contributed by atoms with Gasteiger partial charge in [0.2, 0.25) is 5.91 Å². The van der Waals surface area contributed by atoms with Crippen LogP contribution in [0.4, 0.5) is 5.69 Å². The van der Waals surface area contributed by atoms with E-state index < -0.39 is 0 Å². The first-order valence-corrected chi connectivity index (χ1v) is 8.16. The van der Waals surface area contributed by atoms with Crippen LogP contribution in [-0.4, -0.2) is 24.2 Å². The van der Waals surface area contributed by atoms with E-state index in [2.05, 4.69) is 10.6 Å². The number of ether oxygens (including phenoxy) is 2. The van der Waals surface area contributed by atoms with Gasteiger partial charge in [-0.1, -0.05) is 30.3 Å². The second kappa shape index (κ2) is 7.79. The zero-order valence-corrected chi connectivity index (χ0v) is 13.9. The normalized spacial score (nSPS) is 12.3. The van der Waals surface area contributed by atoms with Gasteiger partial charge in [0.1, 0.15) is 13.2 Å². The Labute approximate surface area is 146 Å². The minimum Gasteiger partial charge on any atom is -0.486 e. The molecule has 24 heavy (non-hydrogen) atoms. The van der Waals surface area contributed by atoms with Crippen LogP contribution in [0.5, 0.6) is 11.5 Å². The van der Waals surface area contributed by atoms with Crippen LogP contribution in [0.1, 0.15) is 12.0 Å². The van der Waals surface area contributed by atoms with Crippen LogP contribution in [0.2, 0.25) is 0 Å². The zero-order valence-electron chi connectivity index (χ0n) is 13.1. The molecule has 1 amide bonds. The molecule has 6 heteroatoms. The number of hydrogen-bond donors (Lipinski definition) is 2. The van der Waals surface area contributed by atoms with Crippen molar-refractivity contribution in [3.05, 3.63) is 54.1 Å². The summed E-state index contributed by atoms with van der Waals surface area (Å²) in [6.45, 7) is 1.08. The lowest BCUT2D eigenvalue weighted by Gasteiger charge is -2.19. The maximum atomic E-state index is 12.0. The van der Waals surface area contributed by atoms with E-state index in [1.54, 1.807) is 6.07 Å². The molecule has 5 nitrogen and oxygen atoms in total. The lowest BCUT2D eigenvalue weighted by molar-refractivity contribution is -0.119. The molecule has 0 saturated carbocycles. The third-order valence-electron chi connectivity index (χ3n) is 3.54. The first-order chi connectivity index (χ1) is 11.7. The molecule has 0 radical (unpaired) electrons. The van der Waals surface area contributed by atoms with Crippen molar-refractivity contribution in [3.63, 3.8) is 0 Å². The Bertz CT molecular complexity index is 734. The van der Waals surface area contributed by atoms with Crippen LogP contribution in [0.15, 0.2) is 48.5 Å². The highest BCUT2D eigenvalue weighted by Gasteiger charge is 2.12. The fourth-order valence-electron chi connectivity index (χ4n) is 2.38. The van der Waals surface area contributed by atoms with Crippen LogP contribution in [-0.2, 0) is 11.2 Å². The largest absolute Gasteiger partial charge is 0.486 e. The fraction of sp³-hybridized carbons (Fsp3) is 0.222. The highest BCUT2D eigenvalue weighted by Crippen LogP contribution is 2.32. The highest BCUT2D eigenvalue weighted by molar-refractivity contribution is 7.80. The molecule has 0 spiro atoms. The molecule has 2 aromatic carbocycles. The lowest BCUT2D eigenvalue weighted by atomic mass is 10.1. The van der Waals surface area contributed by atoms with Gasteiger partial charge in [-0.25, -0.2) is 0 Å². The fourth-order valence-corrected chi connectivity index (χ4v) is 2.61. The van der Waals surface area contributed by atoms with Crippen molar-refractivity contribution in [2.75, 3.05) is 18.5 Å². The molecule has 1 aliphatic rings. The third-order valence-corrected chi connectivity index (χ3v) is 3.74. The Morgan fingerprint density at radius 3 is 2.58 bits per heavy atom. The summed E-state index contributed by atoms with van der Waals surface area (Å²) in [5.41, 5.74) is 1.87. The summed E-state index contributed by atoms with van der Waals surface area (Å²) < 4.78 is 11.0. The predicted molar refractivity (Wildman–Crippen MR) is 96.6 cm³/mol. The first-order valence-electron chi connectivity index (χ1n) is 7.75. The number of rotatable bonds is 4. The molecule has 0 aliphatic carbocycles. The smallest absolute Gasteiger partial charge is 0.226 e. The van der Waals surface area contributed by atoms with Crippen LogP contribution >= 0.6 is 12.2 Å². The van der Waals surface area contributed by atoms with Crippen LogP contribution in [0.3, 0.4) is 0 Å². The molecule has 3 rings (SSSR count). The second-order valence-corrected chi connectivity index (χ2v) is 5.75. The molecular formula is C18H18N2O3S. The second-order valence-electron chi connectivity index (χ2n) is 5.35. The van der Waals surface area contributed by atoms with Gasteiger partial charge in [-0.2, -0.15) is 0 Å². The maximum absolute atomic E-state index is 12.0. The van der Waals surface area contributed by atoms with Gasteiger partial charge < -0.3 is 20.1 Å². The molecule has 0 aromatic heterocycles. The summed E-state index contributed by atoms with van der Waals surface area (Å²) in [6, 6.07) is 15.3. The van der Waals surface area contributed by atoms with Gasteiger partial charge >= 0.3 is 0 Å². The van der Waals surface area contributed by atoms with Crippen LogP contribution in [0.25, 0.3) is 0 Å². The average molecular weight is 342 g/mol. The number of thiocarbonyl (C=S) groups is 1. The van der Waals surface area contributed by atoms with E-state index in [0.717, 1.165) is 11.3 Å². The number of carbonyl (C=O) groups excluding carboxylic acids is 1. The van der Waals surface area contributed by atoms with E-state index in [1.807, 2.05) is 42.5 Å². The van der Waals surface area contributed by atoms with E-state index in [0.29, 0.717) is 37.6 Å². The number of anilines is 1. The lowest BCUT2D eigenvalue weighted by Crippen LogP contribution is -2.34. The summed E-state index contributed by atoms with van der Waals surface area (Å²) >= 11 is 5.18. The van der Waals surface area contributed by atoms with Gasteiger partial charge in [-0.15, -0.1) is 0 Å². The van der Waals surface area contributed by atoms with Crippen molar-refractivity contribution < 1.29 is 14.3 Å². The number of fused-ring (bicyclic) bond motifs is 1. The number of benzene rings is 2. The molecule has 124 valence electrons. The molecule has 1 aliphatic heterocycles. The molecule has 0 saturated heterocycles. The predicted octanol–water partition coefficient (Wildman–Crippen LogP) is 2.90. The third kappa shape index (κ3) is 4.45. The van der Waals surface area contributed by atoms with E-state index in [9.17, 15) is 4.79 Å². The first kappa shape index (κ1) is 16.3. The molecule has 2 aromatic rings. The Kier molecular flexibility index (Phi) is 5.28. The summed E-state index contributed by atoms with van der Waals surface area (Å²) in [6.07, 6.45) is 1.06. The number of amides is 1. The van der Waals surface area contributed by atoms with E-state index in [4.69, 9.17) is 21.7 Å². The van der Waals surface area contributed by atoms with E-state index in [1.165, 1.54) is 0 Å². The van der Waals surface area contributed by atoms with Crippen LogP contribution < -0.4 is 20.1 Å². The topological polar surface area (TPSA) is 59.6 Å². The molecular weight excluding hydrogens is 324 g/mol. The minimum absolute atomic E-state index is 0.117.